The third-order valence-corrected chi connectivity index (χ3v) is 6.61. The number of hydrogen-bond donors (Lipinski definition) is 3. The fourth-order valence-corrected chi connectivity index (χ4v) is 4.44. The van der Waals surface area contributed by atoms with Crippen LogP contribution in [0.1, 0.15) is 51.1 Å². The van der Waals surface area contributed by atoms with Crippen molar-refractivity contribution in [2.24, 2.45) is 5.92 Å². The van der Waals surface area contributed by atoms with Crippen LogP contribution in [-0.4, -0.2) is 34.9 Å². The molecule has 1 aliphatic heterocycles. The molecule has 2 aromatic rings. The minimum Gasteiger partial charge on any atom is -0.322 e. The van der Waals surface area contributed by atoms with E-state index in [1.165, 1.54) is 0 Å². The van der Waals surface area contributed by atoms with E-state index < -0.39 is 17.5 Å². The number of rotatable bonds is 6. The van der Waals surface area contributed by atoms with Crippen molar-refractivity contribution in [2.45, 2.75) is 51.1 Å². The maximum Gasteiger partial charge on any atom is 0.344 e. The number of nitrogens with zero attached hydrogens (tertiary/aromatic N) is 1. The Morgan fingerprint density at radius 2 is 1.69 bits per heavy atom. The summed E-state index contributed by atoms with van der Waals surface area (Å²) in [6.45, 7) is 4.11. The number of nitrogens with one attached hydrogen (secondary N) is 3. The van der Waals surface area contributed by atoms with Crippen molar-refractivity contribution in [1.29, 1.82) is 0 Å². The molecule has 4 rings (SSSR count). The van der Waals surface area contributed by atoms with Crippen molar-refractivity contribution in [3.05, 3.63) is 60.2 Å². The average molecular weight is 435 g/mol. The molecule has 2 aliphatic rings. The summed E-state index contributed by atoms with van der Waals surface area (Å²) in [6, 6.07) is 17.7. The van der Waals surface area contributed by atoms with Gasteiger partial charge in [0.2, 0.25) is 0 Å². The largest absolute Gasteiger partial charge is 0.344 e. The van der Waals surface area contributed by atoms with E-state index in [2.05, 4.69) is 47.2 Å². The second-order valence-corrected chi connectivity index (χ2v) is 8.96. The molecule has 1 spiro atoms. The van der Waals surface area contributed by atoms with E-state index in [0.29, 0.717) is 18.8 Å². The Morgan fingerprint density at radius 1 is 1.06 bits per heavy atom. The molecule has 0 radical (unpaired) electrons. The number of carbonyl (C=O) groups excluding carboxylic acids is 3. The topological polar surface area (TPSA) is 90.5 Å². The zero-order valence-electron chi connectivity index (χ0n) is 18.6. The molecule has 1 heterocycles. The van der Waals surface area contributed by atoms with Crippen LogP contribution >= 0.6 is 0 Å². The Bertz CT molecular complexity index is 982. The molecule has 1 aliphatic carbocycles. The summed E-state index contributed by atoms with van der Waals surface area (Å²) in [7, 11) is 0. The van der Waals surface area contributed by atoms with Gasteiger partial charge in [0.1, 0.15) is 5.54 Å². The van der Waals surface area contributed by atoms with Crippen molar-refractivity contribution in [3.8, 4) is 11.1 Å². The van der Waals surface area contributed by atoms with Gasteiger partial charge < -0.3 is 10.6 Å². The molecule has 1 saturated heterocycles. The molecule has 7 nitrogen and oxygen atoms in total. The summed E-state index contributed by atoms with van der Waals surface area (Å²) in [5.74, 6) is -0.240. The summed E-state index contributed by atoms with van der Waals surface area (Å²) < 4.78 is 0. The number of imide groups is 1. The monoisotopic (exact) mass is 434 g/mol. The molecule has 0 bridgehead atoms. The first kappa shape index (κ1) is 22.0. The number of hydrazine groups is 1. The van der Waals surface area contributed by atoms with Crippen molar-refractivity contribution < 1.29 is 14.4 Å². The number of hydrogen-bond acceptors (Lipinski definition) is 4. The second-order valence-electron chi connectivity index (χ2n) is 8.96. The third kappa shape index (κ3) is 4.53. The van der Waals surface area contributed by atoms with Crippen LogP contribution in [0.4, 0.5) is 4.79 Å². The van der Waals surface area contributed by atoms with Gasteiger partial charge in [0.15, 0.2) is 0 Å². The molecule has 2 fully saturated rings. The molecule has 4 amide bonds. The summed E-state index contributed by atoms with van der Waals surface area (Å²) in [5, 5.41) is 6.81. The maximum atomic E-state index is 12.9. The first-order valence-electron chi connectivity index (χ1n) is 11.2. The molecule has 7 heteroatoms. The molecular formula is C25H30N4O3. The van der Waals surface area contributed by atoms with Crippen LogP contribution in [0.3, 0.4) is 0 Å². The zero-order chi connectivity index (χ0) is 22.7. The predicted molar refractivity (Wildman–Crippen MR) is 122 cm³/mol. The normalized spacial score (nSPS) is 23.8. The second kappa shape index (κ2) is 9.12. The van der Waals surface area contributed by atoms with Gasteiger partial charge in [-0.25, -0.2) is 4.79 Å². The highest BCUT2D eigenvalue weighted by molar-refractivity contribution is 6.08. The fourth-order valence-electron chi connectivity index (χ4n) is 4.44. The Balaban J connectivity index is 1.30. The van der Waals surface area contributed by atoms with Gasteiger partial charge in [-0.15, -0.1) is 0 Å². The molecule has 0 aromatic heterocycles. The van der Waals surface area contributed by atoms with Crippen molar-refractivity contribution in [2.75, 3.05) is 6.54 Å². The van der Waals surface area contributed by atoms with Crippen LogP contribution in [-0.2, 0) is 9.59 Å². The summed E-state index contributed by atoms with van der Waals surface area (Å²) >= 11 is 0. The van der Waals surface area contributed by atoms with E-state index in [1.54, 1.807) is 0 Å². The minimum atomic E-state index is -0.863. The molecule has 1 atom stereocenters. The van der Waals surface area contributed by atoms with Gasteiger partial charge in [-0.3, -0.25) is 15.0 Å². The lowest BCUT2D eigenvalue weighted by Crippen LogP contribution is -2.52. The first-order valence-corrected chi connectivity index (χ1v) is 11.2. The highest BCUT2D eigenvalue weighted by atomic mass is 16.2. The lowest BCUT2D eigenvalue weighted by atomic mass is 9.77. The van der Waals surface area contributed by atoms with Crippen LogP contribution in [0.2, 0.25) is 0 Å². The van der Waals surface area contributed by atoms with Gasteiger partial charge in [-0.05, 0) is 55.2 Å². The summed E-state index contributed by atoms with van der Waals surface area (Å²) in [5.41, 5.74) is 4.93. The van der Waals surface area contributed by atoms with E-state index in [1.807, 2.05) is 37.3 Å². The van der Waals surface area contributed by atoms with Gasteiger partial charge >= 0.3 is 6.03 Å². The predicted octanol–water partition coefficient (Wildman–Crippen LogP) is 3.54. The molecule has 2 aromatic carbocycles. The Hall–Kier alpha value is -3.19. The lowest BCUT2D eigenvalue weighted by molar-refractivity contribution is -0.139. The zero-order valence-corrected chi connectivity index (χ0v) is 18.6. The maximum absolute atomic E-state index is 12.9. The smallest absolute Gasteiger partial charge is 0.322 e. The number of carbonyl (C=O) groups is 3. The average Bonchev–Trinajstić information content (AvgIpc) is 3.04. The lowest BCUT2D eigenvalue weighted by Gasteiger charge is -2.33. The van der Waals surface area contributed by atoms with Crippen LogP contribution in [0, 0.1) is 5.92 Å². The molecule has 0 unspecified atom stereocenters. The van der Waals surface area contributed by atoms with E-state index in [4.69, 9.17) is 0 Å². The van der Waals surface area contributed by atoms with Gasteiger partial charge in [-0.2, -0.15) is 5.01 Å². The molecule has 32 heavy (non-hydrogen) atoms. The summed E-state index contributed by atoms with van der Waals surface area (Å²) in [6.07, 6.45) is 2.99. The molecule has 168 valence electrons. The van der Waals surface area contributed by atoms with E-state index in [9.17, 15) is 14.4 Å². The Morgan fingerprint density at radius 3 is 2.34 bits per heavy atom. The molecule has 1 saturated carbocycles. The molecule has 3 N–H and O–H groups in total. The number of urea groups is 1. The highest BCUT2D eigenvalue weighted by Crippen LogP contribution is 2.35. The van der Waals surface area contributed by atoms with E-state index in [0.717, 1.165) is 34.5 Å². The SMILES string of the molecule is CC1CCC2(CC1)NC(=O)N(NC(=O)CN[C@H](C)c1ccc(-c3ccccc3)cc1)C2=O. The van der Waals surface area contributed by atoms with Crippen molar-refractivity contribution in [1.82, 2.24) is 21.1 Å². The van der Waals surface area contributed by atoms with Crippen LogP contribution in [0.15, 0.2) is 54.6 Å². The van der Waals surface area contributed by atoms with Gasteiger partial charge in [0.25, 0.3) is 11.8 Å². The Kier molecular flexibility index (Phi) is 6.28. The number of amides is 4. The minimum absolute atomic E-state index is 0.0112. The van der Waals surface area contributed by atoms with Crippen LogP contribution < -0.4 is 16.1 Å². The first-order chi connectivity index (χ1) is 15.4. The quantitative estimate of drug-likeness (QED) is 0.607. The third-order valence-electron chi connectivity index (χ3n) is 6.61. The standard InChI is InChI=1S/C25H30N4O3/c1-17-12-14-25(15-13-17)23(31)29(24(32)27-25)28-22(30)16-26-18(2)19-8-10-21(11-9-19)20-6-4-3-5-7-20/h3-11,17-18,26H,12-16H2,1-2H3,(H,27,32)(H,28,30)/t17?,18-,25?/m1/s1. The molecular weight excluding hydrogens is 404 g/mol. The van der Waals surface area contributed by atoms with Crippen molar-refractivity contribution in [3.63, 3.8) is 0 Å². The van der Waals surface area contributed by atoms with E-state index in [-0.39, 0.29) is 18.5 Å². The number of benzene rings is 2. The van der Waals surface area contributed by atoms with E-state index >= 15 is 0 Å². The van der Waals surface area contributed by atoms with Gasteiger partial charge in [0, 0.05) is 6.04 Å². The summed E-state index contributed by atoms with van der Waals surface area (Å²) in [4.78, 5) is 37.6. The van der Waals surface area contributed by atoms with Crippen molar-refractivity contribution >= 4 is 17.8 Å². The van der Waals surface area contributed by atoms with Gasteiger partial charge in [0.05, 0.1) is 6.54 Å². The van der Waals surface area contributed by atoms with Crippen LogP contribution in [0.5, 0.6) is 0 Å². The van der Waals surface area contributed by atoms with Gasteiger partial charge in [-0.1, -0.05) is 61.5 Å². The highest BCUT2D eigenvalue weighted by Gasteiger charge is 2.52. The fraction of sp³-hybridized carbons (Fsp3) is 0.400. The Labute approximate surface area is 188 Å². The van der Waals surface area contributed by atoms with Crippen LogP contribution in [0.25, 0.3) is 11.1 Å².